The van der Waals surface area contributed by atoms with E-state index in [1.807, 2.05) is 0 Å². The fourth-order valence-corrected chi connectivity index (χ4v) is 3.80. The number of hydrogen-bond acceptors (Lipinski definition) is 15. The number of aliphatic hydroxyl groups is 8. The average molecular weight is 472 g/mol. The van der Waals surface area contributed by atoms with Crippen LogP contribution in [0.3, 0.4) is 0 Å². The van der Waals surface area contributed by atoms with Gasteiger partial charge in [-0.2, -0.15) is 0 Å². The highest BCUT2D eigenvalue weighted by Crippen LogP contribution is 2.27. The molecular formula is C17H32N2O13. The molecule has 0 aromatic heterocycles. The molecule has 3 fully saturated rings. The number of hydrogen-bond donors (Lipinski definition) is 10. The van der Waals surface area contributed by atoms with Gasteiger partial charge in [-0.25, -0.2) is 0 Å². The minimum Gasteiger partial charge on any atom is -0.394 e. The minimum atomic E-state index is -1.74. The molecule has 3 aliphatic heterocycles. The van der Waals surface area contributed by atoms with E-state index in [0.717, 1.165) is 0 Å². The lowest BCUT2D eigenvalue weighted by Crippen LogP contribution is -2.66. The third kappa shape index (κ3) is 5.22. The first kappa shape index (κ1) is 26.0. The Morgan fingerprint density at radius 1 is 0.750 bits per heavy atom. The highest BCUT2D eigenvalue weighted by atomic mass is 16.7. The molecule has 12 N–H and O–H groups in total. The van der Waals surface area contributed by atoms with Crippen molar-refractivity contribution in [3.05, 3.63) is 0 Å². The first-order valence-corrected chi connectivity index (χ1v) is 10.1. The highest BCUT2D eigenvalue weighted by Gasteiger charge is 2.48. The molecule has 3 rings (SSSR count). The largest absolute Gasteiger partial charge is 0.394 e. The van der Waals surface area contributed by atoms with E-state index in [4.69, 9.17) is 35.2 Å². The molecule has 0 spiro atoms. The van der Waals surface area contributed by atoms with Gasteiger partial charge >= 0.3 is 0 Å². The maximum atomic E-state index is 10.2. The van der Waals surface area contributed by atoms with E-state index < -0.39 is 92.5 Å². The van der Waals surface area contributed by atoms with Crippen LogP contribution in [0.5, 0.6) is 0 Å². The summed E-state index contributed by atoms with van der Waals surface area (Å²) in [6.45, 7) is -1.13. The maximum absolute atomic E-state index is 10.2. The van der Waals surface area contributed by atoms with Gasteiger partial charge in [0.25, 0.3) is 0 Å². The Hall–Kier alpha value is -0.600. The summed E-state index contributed by atoms with van der Waals surface area (Å²) >= 11 is 0. The van der Waals surface area contributed by atoms with Gasteiger partial charge in [-0.3, -0.25) is 0 Å². The van der Waals surface area contributed by atoms with E-state index in [0.29, 0.717) is 0 Å². The van der Waals surface area contributed by atoms with Gasteiger partial charge in [-0.05, 0) is 0 Å². The van der Waals surface area contributed by atoms with Crippen LogP contribution in [0.2, 0.25) is 0 Å². The third-order valence-electron chi connectivity index (χ3n) is 5.82. The van der Waals surface area contributed by atoms with E-state index in [9.17, 15) is 40.9 Å². The Labute approximate surface area is 182 Å². The van der Waals surface area contributed by atoms with Crippen molar-refractivity contribution in [3.8, 4) is 0 Å². The van der Waals surface area contributed by atoms with Gasteiger partial charge in [-0.15, -0.1) is 0 Å². The molecule has 0 unspecified atom stereocenters. The summed E-state index contributed by atoms with van der Waals surface area (Å²) in [6.07, 6.45) is -17.6. The molecule has 0 bridgehead atoms. The molecule has 14 atom stereocenters. The molecule has 0 radical (unpaired) electrons. The average Bonchev–Trinajstić information content (AvgIpc) is 2.77. The molecule has 0 amide bonds. The molecule has 3 aliphatic rings. The quantitative estimate of drug-likeness (QED) is 0.172. The molecule has 3 heterocycles. The standard InChI is InChI=1S/C17H32N2O13/c18-4-2-28-16(29-3-6-9(22)10(23)12(25)15(27)30-6)7(19)14(4)32-17-13(26)11(24)8(21)5(1-20)31-17/h4-17,20-27H,1-3,18-19H2/t4-,5-,6-,7-,8+,9-,10+,11+,12+,13-,14+,15+,16+,17+/m1/s1. The maximum Gasteiger partial charge on any atom is 0.187 e. The van der Waals surface area contributed by atoms with Crippen LogP contribution >= 0.6 is 0 Å². The van der Waals surface area contributed by atoms with Crippen LogP contribution in [0, 0.1) is 0 Å². The van der Waals surface area contributed by atoms with Crippen LogP contribution in [0.4, 0.5) is 0 Å². The number of rotatable bonds is 6. The van der Waals surface area contributed by atoms with Gasteiger partial charge in [0.05, 0.1) is 38.0 Å². The molecule has 15 nitrogen and oxygen atoms in total. The van der Waals surface area contributed by atoms with E-state index in [-0.39, 0.29) is 13.2 Å². The summed E-state index contributed by atoms with van der Waals surface area (Å²) < 4.78 is 26.9. The van der Waals surface area contributed by atoms with Crippen molar-refractivity contribution in [1.82, 2.24) is 0 Å². The summed E-state index contributed by atoms with van der Waals surface area (Å²) in [6, 6.07) is -1.86. The Bertz CT molecular complexity index is 603. The molecule has 0 saturated carbocycles. The number of nitrogens with two attached hydrogens (primary N) is 2. The van der Waals surface area contributed by atoms with Gasteiger partial charge in [0.1, 0.15) is 48.8 Å². The second kappa shape index (κ2) is 10.8. The van der Waals surface area contributed by atoms with E-state index in [1.165, 1.54) is 0 Å². The molecule has 15 heteroatoms. The Morgan fingerprint density at radius 3 is 2.03 bits per heavy atom. The van der Waals surface area contributed by atoms with Gasteiger partial charge in [0.15, 0.2) is 18.9 Å². The van der Waals surface area contributed by atoms with Crippen molar-refractivity contribution in [2.45, 2.75) is 85.9 Å². The monoisotopic (exact) mass is 472 g/mol. The lowest BCUT2D eigenvalue weighted by molar-refractivity contribution is -0.329. The van der Waals surface area contributed by atoms with E-state index in [2.05, 4.69) is 0 Å². The molecule has 0 aliphatic carbocycles. The zero-order valence-electron chi connectivity index (χ0n) is 17.0. The first-order valence-electron chi connectivity index (χ1n) is 10.1. The second-order valence-corrected chi connectivity index (χ2v) is 8.11. The zero-order valence-corrected chi connectivity index (χ0v) is 17.0. The van der Waals surface area contributed by atoms with Gasteiger partial charge in [-0.1, -0.05) is 0 Å². The van der Waals surface area contributed by atoms with Crippen molar-refractivity contribution >= 4 is 0 Å². The Morgan fingerprint density at radius 2 is 1.38 bits per heavy atom. The number of ether oxygens (including phenoxy) is 5. The van der Waals surface area contributed by atoms with Gasteiger partial charge < -0.3 is 76.0 Å². The molecule has 3 saturated heterocycles. The lowest BCUT2D eigenvalue weighted by atomic mass is 9.98. The van der Waals surface area contributed by atoms with Crippen LogP contribution in [-0.4, -0.2) is 147 Å². The van der Waals surface area contributed by atoms with Crippen molar-refractivity contribution in [1.29, 1.82) is 0 Å². The fraction of sp³-hybridized carbons (Fsp3) is 1.00. The topological polar surface area (TPSA) is 260 Å². The smallest absolute Gasteiger partial charge is 0.187 e. The van der Waals surface area contributed by atoms with Gasteiger partial charge in [0, 0.05) is 0 Å². The van der Waals surface area contributed by atoms with Crippen molar-refractivity contribution in [2.75, 3.05) is 19.8 Å². The van der Waals surface area contributed by atoms with Crippen LogP contribution in [0.25, 0.3) is 0 Å². The Kier molecular flexibility index (Phi) is 8.75. The van der Waals surface area contributed by atoms with E-state index in [1.54, 1.807) is 0 Å². The summed E-state index contributed by atoms with van der Waals surface area (Å²) in [5.74, 6) is 0. The summed E-state index contributed by atoms with van der Waals surface area (Å²) in [5.41, 5.74) is 12.1. The van der Waals surface area contributed by atoms with Crippen LogP contribution in [0.1, 0.15) is 0 Å². The number of aliphatic hydroxyl groups excluding tert-OH is 8. The highest BCUT2D eigenvalue weighted by molar-refractivity contribution is 4.94. The molecular weight excluding hydrogens is 440 g/mol. The van der Waals surface area contributed by atoms with Gasteiger partial charge in [0.2, 0.25) is 0 Å². The molecule has 32 heavy (non-hydrogen) atoms. The normalized spacial score (nSPS) is 52.7. The Balaban J connectivity index is 1.60. The minimum absolute atomic E-state index is 0.0987. The summed E-state index contributed by atoms with van der Waals surface area (Å²) in [7, 11) is 0. The summed E-state index contributed by atoms with van der Waals surface area (Å²) in [5, 5.41) is 78.1. The molecule has 0 aromatic rings. The third-order valence-corrected chi connectivity index (χ3v) is 5.82. The van der Waals surface area contributed by atoms with Crippen LogP contribution in [-0.2, 0) is 23.7 Å². The van der Waals surface area contributed by atoms with Crippen LogP contribution < -0.4 is 11.5 Å². The fourth-order valence-electron chi connectivity index (χ4n) is 3.80. The SMILES string of the molecule is N[C@H]1[C@H](OC[C@H]2O[C@H](O)[C@@H](O)[C@@H](O)[C@@H]2O)OC[C@@H](N)[C@@H]1O[C@@H]1O[C@H](CO)[C@H](O)[C@H](O)[C@H]1O. The van der Waals surface area contributed by atoms with Crippen molar-refractivity contribution < 1.29 is 64.5 Å². The predicted octanol–water partition coefficient (Wildman–Crippen LogP) is -7.00. The zero-order chi connectivity index (χ0) is 23.7. The first-order chi connectivity index (χ1) is 15.1. The molecule has 0 aromatic carbocycles. The predicted molar refractivity (Wildman–Crippen MR) is 99.2 cm³/mol. The van der Waals surface area contributed by atoms with Crippen molar-refractivity contribution in [2.24, 2.45) is 11.5 Å². The molecule has 188 valence electrons. The van der Waals surface area contributed by atoms with Crippen LogP contribution in [0.15, 0.2) is 0 Å². The second-order valence-electron chi connectivity index (χ2n) is 8.11. The lowest BCUT2D eigenvalue weighted by Gasteiger charge is -2.45. The van der Waals surface area contributed by atoms with E-state index >= 15 is 0 Å². The summed E-state index contributed by atoms with van der Waals surface area (Å²) in [4.78, 5) is 0. The van der Waals surface area contributed by atoms with Crippen molar-refractivity contribution in [3.63, 3.8) is 0 Å².